The molecule has 1 amide bonds. The van der Waals surface area contributed by atoms with E-state index in [9.17, 15) is 9.18 Å². The van der Waals surface area contributed by atoms with E-state index in [2.05, 4.69) is 15.3 Å². The Morgan fingerprint density at radius 2 is 1.82 bits per heavy atom. The normalized spacial score (nSPS) is 10.8. The van der Waals surface area contributed by atoms with E-state index in [0.717, 1.165) is 16.8 Å². The van der Waals surface area contributed by atoms with E-state index in [1.807, 2.05) is 25.1 Å². The van der Waals surface area contributed by atoms with Crippen LogP contribution in [-0.4, -0.2) is 15.9 Å². The van der Waals surface area contributed by atoms with Gasteiger partial charge in [-0.3, -0.25) is 9.78 Å². The van der Waals surface area contributed by atoms with Gasteiger partial charge >= 0.3 is 0 Å². The Hall–Kier alpha value is -3.80. The number of fused-ring (bicyclic) bond motifs is 1. The van der Waals surface area contributed by atoms with Crippen molar-refractivity contribution in [3.8, 4) is 11.1 Å². The number of hydrogen-bond acceptors (Lipinski definition) is 4. The van der Waals surface area contributed by atoms with Crippen LogP contribution >= 0.6 is 0 Å². The second kappa shape index (κ2) is 7.08. The fourth-order valence-electron chi connectivity index (χ4n) is 3.11. The third-order valence-electron chi connectivity index (χ3n) is 4.48. The van der Waals surface area contributed by atoms with Crippen LogP contribution in [0.5, 0.6) is 0 Å². The van der Waals surface area contributed by atoms with E-state index in [-0.39, 0.29) is 11.7 Å². The molecule has 2 aromatic heterocycles. The highest BCUT2D eigenvalue weighted by Gasteiger charge is 2.14. The van der Waals surface area contributed by atoms with E-state index < -0.39 is 0 Å². The highest BCUT2D eigenvalue weighted by molar-refractivity contribution is 6.14. The summed E-state index contributed by atoms with van der Waals surface area (Å²) in [7, 11) is 0. The second-order valence-corrected chi connectivity index (χ2v) is 6.47. The van der Waals surface area contributed by atoms with Gasteiger partial charge in [0.1, 0.15) is 11.6 Å². The van der Waals surface area contributed by atoms with Crippen LogP contribution in [0, 0.1) is 12.7 Å². The zero-order valence-corrected chi connectivity index (χ0v) is 15.1. The topological polar surface area (TPSA) is 80.9 Å². The minimum atomic E-state index is -0.315. The Morgan fingerprint density at radius 3 is 2.61 bits per heavy atom. The lowest BCUT2D eigenvalue weighted by molar-refractivity contribution is 0.102. The number of nitrogens with two attached hydrogens (primary N) is 1. The van der Waals surface area contributed by atoms with Crippen molar-refractivity contribution in [2.75, 3.05) is 11.1 Å². The number of carbonyl (C=O) groups excluding carboxylic acids is 1. The zero-order chi connectivity index (χ0) is 19.7. The van der Waals surface area contributed by atoms with Gasteiger partial charge < -0.3 is 11.1 Å². The highest BCUT2D eigenvalue weighted by Crippen LogP contribution is 2.29. The van der Waals surface area contributed by atoms with Crippen LogP contribution in [0.2, 0.25) is 0 Å². The number of hydrogen-bond donors (Lipinski definition) is 2. The first-order valence-electron chi connectivity index (χ1n) is 8.69. The molecule has 2 aromatic carbocycles. The molecule has 0 aliphatic heterocycles. The van der Waals surface area contributed by atoms with Gasteiger partial charge in [0.2, 0.25) is 0 Å². The number of rotatable bonds is 3. The fourth-order valence-corrected chi connectivity index (χ4v) is 3.11. The molecule has 28 heavy (non-hydrogen) atoms. The summed E-state index contributed by atoms with van der Waals surface area (Å²) in [5.41, 5.74) is 9.43. The Morgan fingerprint density at radius 1 is 1.00 bits per heavy atom. The number of halogens is 1. The molecule has 0 bridgehead atoms. The molecule has 6 heteroatoms. The SMILES string of the molecule is Cc1cc(NC(=O)c2cnc(N)c3cc(-c4cccc(F)c4)ccc23)ccn1. The number of nitrogens with one attached hydrogen (secondary N) is 1. The summed E-state index contributed by atoms with van der Waals surface area (Å²) in [6.07, 6.45) is 3.10. The van der Waals surface area contributed by atoms with Gasteiger partial charge in [-0.1, -0.05) is 24.3 Å². The first-order chi connectivity index (χ1) is 13.5. The summed E-state index contributed by atoms with van der Waals surface area (Å²) in [4.78, 5) is 21.1. The molecular weight excluding hydrogens is 355 g/mol. The molecule has 0 spiro atoms. The van der Waals surface area contributed by atoms with Crippen molar-refractivity contribution in [2.24, 2.45) is 0 Å². The number of anilines is 2. The lowest BCUT2D eigenvalue weighted by Gasteiger charge is -2.11. The summed E-state index contributed by atoms with van der Waals surface area (Å²) in [6, 6.07) is 15.3. The molecule has 0 aliphatic rings. The van der Waals surface area contributed by atoms with Gasteiger partial charge in [-0.25, -0.2) is 9.37 Å². The average Bonchev–Trinajstić information content (AvgIpc) is 2.68. The van der Waals surface area contributed by atoms with Crippen LogP contribution in [0.1, 0.15) is 16.1 Å². The molecule has 0 saturated carbocycles. The second-order valence-electron chi connectivity index (χ2n) is 6.47. The number of carbonyl (C=O) groups is 1. The van der Waals surface area contributed by atoms with Crippen molar-refractivity contribution >= 4 is 28.2 Å². The molecule has 5 nitrogen and oxygen atoms in total. The van der Waals surface area contributed by atoms with Crippen LogP contribution in [0.15, 0.2) is 67.0 Å². The van der Waals surface area contributed by atoms with Gasteiger partial charge in [-0.05, 0) is 53.8 Å². The Labute approximate surface area is 161 Å². The van der Waals surface area contributed by atoms with Crippen molar-refractivity contribution in [1.82, 2.24) is 9.97 Å². The smallest absolute Gasteiger partial charge is 0.257 e. The molecule has 0 radical (unpaired) electrons. The zero-order valence-electron chi connectivity index (χ0n) is 15.1. The number of nitrogen functional groups attached to an aromatic ring is 1. The molecule has 0 unspecified atom stereocenters. The largest absolute Gasteiger partial charge is 0.383 e. The summed E-state index contributed by atoms with van der Waals surface area (Å²) in [6.45, 7) is 1.85. The first kappa shape index (κ1) is 17.6. The fraction of sp³-hybridized carbons (Fsp3) is 0.0455. The minimum Gasteiger partial charge on any atom is -0.383 e. The first-order valence-corrected chi connectivity index (χ1v) is 8.69. The van der Waals surface area contributed by atoms with Crippen molar-refractivity contribution in [1.29, 1.82) is 0 Å². The molecule has 0 fully saturated rings. The molecule has 3 N–H and O–H groups in total. The lowest BCUT2D eigenvalue weighted by atomic mass is 9.99. The van der Waals surface area contributed by atoms with Crippen molar-refractivity contribution < 1.29 is 9.18 Å². The lowest BCUT2D eigenvalue weighted by Crippen LogP contribution is -2.13. The summed E-state index contributed by atoms with van der Waals surface area (Å²) in [5, 5.41) is 4.17. The summed E-state index contributed by atoms with van der Waals surface area (Å²) < 4.78 is 13.6. The van der Waals surface area contributed by atoms with Crippen molar-refractivity contribution in [3.63, 3.8) is 0 Å². The molecule has 0 atom stereocenters. The molecule has 138 valence electrons. The van der Waals surface area contributed by atoms with E-state index in [1.165, 1.54) is 18.3 Å². The van der Waals surface area contributed by atoms with Crippen molar-refractivity contribution in [3.05, 3.63) is 84.1 Å². The standard InChI is InChI=1S/C22H17FN4O/c1-13-9-17(7-8-25-13)27-22(28)20-12-26-21(24)19-11-15(5-6-18(19)20)14-3-2-4-16(23)10-14/h2-12H,1H3,(H2,24,26)(H,25,27,28). The van der Waals surface area contributed by atoms with E-state index >= 15 is 0 Å². The predicted molar refractivity (Wildman–Crippen MR) is 108 cm³/mol. The van der Waals surface area contributed by atoms with Crippen LogP contribution in [0.3, 0.4) is 0 Å². The van der Waals surface area contributed by atoms with Gasteiger partial charge in [0.15, 0.2) is 0 Å². The number of benzene rings is 2. The van der Waals surface area contributed by atoms with Gasteiger partial charge in [0.25, 0.3) is 5.91 Å². The molecule has 4 aromatic rings. The quantitative estimate of drug-likeness (QED) is 0.552. The third-order valence-corrected chi connectivity index (χ3v) is 4.48. The molecule has 2 heterocycles. The maximum Gasteiger partial charge on any atom is 0.257 e. The highest BCUT2D eigenvalue weighted by atomic mass is 19.1. The third kappa shape index (κ3) is 3.40. The van der Waals surface area contributed by atoms with E-state index in [4.69, 9.17) is 5.73 Å². The van der Waals surface area contributed by atoms with E-state index in [1.54, 1.807) is 30.5 Å². The van der Waals surface area contributed by atoms with Crippen molar-refractivity contribution in [2.45, 2.75) is 6.92 Å². The summed E-state index contributed by atoms with van der Waals surface area (Å²) >= 11 is 0. The number of pyridine rings is 2. The Bertz CT molecular complexity index is 1210. The van der Waals surface area contributed by atoms with Crippen LogP contribution in [-0.2, 0) is 0 Å². The number of aryl methyl sites for hydroxylation is 1. The maximum atomic E-state index is 13.6. The van der Waals surface area contributed by atoms with Crippen LogP contribution in [0.25, 0.3) is 21.9 Å². The Balaban J connectivity index is 1.76. The number of aromatic nitrogens is 2. The summed E-state index contributed by atoms with van der Waals surface area (Å²) in [5.74, 6) is -0.296. The predicted octanol–water partition coefficient (Wildman–Crippen LogP) is 4.58. The molecule has 4 rings (SSSR count). The van der Waals surface area contributed by atoms with Crippen LogP contribution < -0.4 is 11.1 Å². The maximum absolute atomic E-state index is 13.6. The van der Waals surface area contributed by atoms with E-state index in [0.29, 0.717) is 27.8 Å². The monoisotopic (exact) mass is 372 g/mol. The Kier molecular flexibility index (Phi) is 4.45. The van der Waals surface area contributed by atoms with Gasteiger partial charge in [0, 0.05) is 29.2 Å². The van der Waals surface area contributed by atoms with Gasteiger partial charge in [0.05, 0.1) is 5.56 Å². The molecule has 0 aliphatic carbocycles. The average molecular weight is 372 g/mol. The number of amides is 1. The van der Waals surface area contributed by atoms with Crippen LogP contribution in [0.4, 0.5) is 15.9 Å². The number of nitrogens with zero attached hydrogens (tertiary/aromatic N) is 2. The van der Waals surface area contributed by atoms with Gasteiger partial charge in [-0.2, -0.15) is 0 Å². The molecular formula is C22H17FN4O. The van der Waals surface area contributed by atoms with Gasteiger partial charge in [-0.15, -0.1) is 0 Å². The minimum absolute atomic E-state index is 0.290. The molecule has 0 saturated heterocycles.